The maximum absolute atomic E-state index is 13.2. The van der Waals surface area contributed by atoms with E-state index in [0.29, 0.717) is 41.5 Å². The van der Waals surface area contributed by atoms with Gasteiger partial charge < -0.3 is 29.1 Å². The van der Waals surface area contributed by atoms with E-state index < -0.39 is 17.7 Å². The lowest BCUT2D eigenvalue weighted by Gasteiger charge is -2.28. The van der Waals surface area contributed by atoms with Crippen molar-refractivity contribution in [1.29, 1.82) is 0 Å². The molecule has 9 heteroatoms. The van der Waals surface area contributed by atoms with Crippen molar-refractivity contribution in [1.82, 2.24) is 9.80 Å². The van der Waals surface area contributed by atoms with Crippen LogP contribution in [0.15, 0.2) is 42.0 Å². The highest BCUT2D eigenvalue weighted by Gasteiger charge is 2.47. The van der Waals surface area contributed by atoms with Crippen LogP contribution in [-0.4, -0.2) is 74.6 Å². The van der Waals surface area contributed by atoms with E-state index in [9.17, 15) is 14.7 Å². The first-order valence-electron chi connectivity index (χ1n) is 10.8. The molecule has 1 N–H and O–H groups in total. The molecular weight excluding hydrogens is 460 g/mol. The van der Waals surface area contributed by atoms with E-state index in [1.165, 1.54) is 25.2 Å². The van der Waals surface area contributed by atoms with Crippen molar-refractivity contribution in [3.05, 3.63) is 58.1 Å². The van der Waals surface area contributed by atoms with Gasteiger partial charge in [-0.25, -0.2) is 0 Å². The summed E-state index contributed by atoms with van der Waals surface area (Å²) in [6.07, 6.45) is 0. The average molecular weight is 489 g/mol. The van der Waals surface area contributed by atoms with Crippen LogP contribution in [0.25, 0.3) is 5.76 Å². The van der Waals surface area contributed by atoms with Crippen LogP contribution in [0.2, 0.25) is 5.02 Å². The summed E-state index contributed by atoms with van der Waals surface area (Å²) in [5, 5.41) is 11.5. The van der Waals surface area contributed by atoms with Gasteiger partial charge in [0.2, 0.25) is 0 Å². The summed E-state index contributed by atoms with van der Waals surface area (Å²) in [4.78, 5) is 29.7. The van der Waals surface area contributed by atoms with Crippen LogP contribution in [0.1, 0.15) is 24.1 Å². The largest absolute Gasteiger partial charge is 0.507 e. The number of hydrogen-bond acceptors (Lipinski definition) is 7. The van der Waals surface area contributed by atoms with Gasteiger partial charge in [-0.3, -0.25) is 9.59 Å². The number of ketones is 1. The van der Waals surface area contributed by atoms with Gasteiger partial charge in [0.15, 0.2) is 0 Å². The van der Waals surface area contributed by atoms with Gasteiger partial charge in [-0.05, 0) is 57.4 Å². The zero-order valence-corrected chi connectivity index (χ0v) is 20.7. The molecule has 0 spiro atoms. The minimum absolute atomic E-state index is 0.0458. The fourth-order valence-corrected chi connectivity index (χ4v) is 4.11. The molecule has 1 fully saturated rings. The third kappa shape index (κ3) is 4.98. The highest BCUT2D eigenvalue weighted by atomic mass is 35.5. The lowest BCUT2D eigenvalue weighted by molar-refractivity contribution is -0.140. The van der Waals surface area contributed by atoms with Crippen molar-refractivity contribution in [3.63, 3.8) is 0 Å². The first-order valence-corrected chi connectivity index (χ1v) is 11.2. The number of likely N-dealkylation sites (N-methyl/N-ethyl adjacent to an activating group) is 1. The van der Waals surface area contributed by atoms with Gasteiger partial charge in [0.25, 0.3) is 11.7 Å². The quantitative estimate of drug-likeness (QED) is 0.327. The second-order valence-electron chi connectivity index (χ2n) is 7.98. The Morgan fingerprint density at radius 2 is 1.79 bits per heavy atom. The number of hydrogen-bond donors (Lipinski definition) is 1. The van der Waals surface area contributed by atoms with Crippen molar-refractivity contribution >= 4 is 29.1 Å². The van der Waals surface area contributed by atoms with Crippen LogP contribution in [0, 0.1) is 0 Å². The molecule has 0 radical (unpaired) electrons. The Balaban J connectivity index is 2.22. The monoisotopic (exact) mass is 488 g/mol. The Kier molecular flexibility index (Phi) is 8.06. The zero-order valence-electron chi connectivity index (χ0n) is 19.9. The summed E-state index contributed by atoms with van der Waals surface area (Å²) in [6.45, 7) is 3.05. The predicted octanol–water partition coefficient (Wildman–Crippen LogP) is 3.74. The van der Waals surface area contributed by atoms with Gasteiger partial charge in [0.05, 0.1) is 37.5 Å². The second-order valence-corrected chi connectivity index (χ2v) is 8.39. The molecule has 1 atom stereocenters. The summed E-state index contributed by atoms with van der Waals surface area (Å²) in [5.41, 5.74) is 0.778. The van der Waals surface area contributed by atoms with Crippen LogP contribution in [0.4, 0.5) is 0 Å². The summed E-state index contributed by atoms with van der Waals surface area (Å²) in [6, 6.07) is 8.97. The Hall–Kier alpha value is -3.23. The van der Waals surface area contributed by atoms with Crippen LogP contribution in [0.3, 0.4) is 0 Å². The van der Waals surface area contributed by atoms with Crippen LogP contribution < -0.4 is 14.2 Å². The Labute approximate surface area is 204 Å². The minimum atomic E-state index is -0.879. The number of nitrogens with zero attached hydrogens (tertiary/aromatic N) is 2. The lowest BCUT2D eigenvalue weighted by Crippen LogP contribution is -2.35. The molecule has 1 heterocycles. The van der Waals surface area contributed by atoms with E-state index in [-0.39, 0.29) is 22.9 Å². The Morgan fingerprint density at radius 3 is 2.38 bits per heavy atom. The lowest BCUT2D eigenvalue weighted by atomic mass is 9.94. The predicted molar refractivity (Wildman–Crippen MR) is 130 cm³/mol. The number of amides is 1. The molecule has 2 aromatic carbocycles. The van der Waals surface area contributed by atoms with Crippen molar-refractivity contribution in [3.8, 4) is 17.2 Å². The number of Topliss-reactive ketones (excluding diaryl/α,β-unsaturated/α-hetero) is 1. The molecule has 1 saturated heterocycles. The van der Waals surface area contributed by atoms with E-state index in [1.54, 1.807) is 30.3 Å². The SMILES string of the molecule is CCOc1ccc(/C(O)=C2\C(=O)C(=O)N(CCN(C)C)[C@@H]2c2cc(OC)ccc2OC)cc1Cl. The number of benzene rings is 2. The van der Waals surface area contributed by atoms with Crippen LogP contribution in [0.5, 0.6) is 17.2 Å². The summed E-state index contributed by atoms with van der Waals surface area (Å²) < 4.78 is 16.4. The molecule has 0 unspecified atom stereocenters. The van der Waals surface area contributed by atoms with Crippen LogP contribution in [-0.2, 0) is 9.59 Å². The fraction of sp³-hybridized carbons (Fsp3) is 0.360. The van der Waals surface area contributed by atoms with Crippen molar-refractivity contribution in [2.75, 3.05) is 48.0 Å². The summed E-state index contributed by atoms with van der Waals surface area (Å²) in [5.74, 6) is -0.369. The maximum atomic E-state index is 13.2. The minimum Gasteiger partial charge on any atom is -0.507 e. The molecule has 0 saturated carbocycles. The topological polar surface area (TPSA) is 88.5 Å². The van der Waals surface area contributed by atoms with Crippen molar-refractivity contribution in [2.45, 2.75) is 13.0 Å². The molecule has 0 aliphatic carbocycles. The Bertz CT molecular complexity index is 1110. The third-order valence-corrected chi connectivity index (χ3v) is 5.86. The van der Waals surface area contributed by atoms with E-state index in [0.717, 1.165) is 0 Å². The Morgan fingerprint density at radius 1 is 1.09 bits per heavy atom. The van der Waals surface area contributed by atoms with Gasteiger partial charge in [0.1, 0.15) is 23.0 Å². The molecule has 3 rings (SSSR count). The third-order valence-electron chi connectivity index (χ3n) is 5.56. The van der Waals surface area contributed by atoms with E-state index in [2.05, 4.69) is 0 Å². The van der Waals surface area contributed by atoms with Gasteiger partial charge in [-0.15, -0.1) is 0 Å². The number of likely N-dealkylation sites (tertiary alicyclic amines) is 1. The molecular formula is C25H29ClN2O6. The molecule has 34 heavy (non-hydrogen) atoms. The molecule has 8 nitrogen and oxygen atoms in total. The number of ether oxygens (including phenoxy) is 3. The zero-order chi connectivity index (χ0) is 25.0. The number of methoxy groups -OCH3 is 2. The maximum Gasteiger partial charge on any atom is 0.295 e. The smallest absolute Gasteiger partial charge is 0.295 e. The summed E-state index contributed by atoms with van der Waals surface area (Å²) >= 11 is 6.31. The normalized spacial score (nSPS) is 17.4. The van der Waals surface area contributed by atoms with Gasteiger partial charge in [0, 0.05) is 24.2 Å². The van der Waals surface area contributed by atoms with Crippen molar-refractivity contribution in [2.24, 2.45) is 0 Å². The first kappa shape index (κ1) is 25.4. The number of carbonyl (C=O) groups excluding carboxylic acids is 2. The van der Waals surface area contributed by atoms with Gasteiger partial charge >= 0.3 is 0 Å². The van der Waals surface area contributed by atoms with E-state index in [1.807, 2.05) is 25.9 Å². The van der Waals surface area contributed by atoms with Crippen molar-refractivity contribution < 1.29 is 28.9 Å². The number of carbonyl (C=O) groups is 2. The first-order chi connectivity index (χ1) is 16.2. The molecule has 0 aromatic heterocycles. The number of aliphatic hydroxyl groups excluding tert-OH is 1. The van der Waals surface area contributed by atoms with E-state index >= 15 is 0 Å². The molecule has 1 aliphatic rings. The fourth-order valence-electron chi connectivity index (χ4n) is 3.87. The van der Waals surface area contributed by atoms with Crippen LogP contribution >= 0.6 is 11.6 Å². The summed E-state index contributed by atoms with van der Waals surface area (Å²) in [7, 11) is 6.78. The van der Waals surface area contributed by atoms with Gasteiger partial charge in [-0.1, -0.05) is 11.6 Å². The van der Waals surface area contributed by atoms with Gasteiger partial charge in [-0.2, -0.15) is 0 Å². The number of aliphatic hydroxyl groups is 1. The second kappa shape index (κ2) is 10.8. The molecule has 0 bridgehead atoms. The molecule has 182 valence electrons. The molecule has 2 aromatic rings. The highest BCUT2D eigenvalue weighted by molar-refractivity contribution is 6.46. The molecule has 1 amide bonds. The standard InChI is InChI=1S/C25H29ClN2O6/c1-6-34-20-9-7-15(13-18(20)26)23(29)21-22(17-14-16(32-4)8-10-19(17)33-5)28(12-11-27(2)3)25(31)24(21)30/h7-10,13-14,22,29H,6,11-12H2,1-5H3/b23-21+/t22-/m1/s1. The van der Waals surface area contributed by atoms with E-state index in [4.69, 9.17) is 25.8 Å². The molecule has 1 aliphatic heterocycles. The number of halogens is 1. The average Bonchev–Trinajstić information content (AvgIpc) is 3.07. The highest BCUT2D eigenvalue weighted by Crippen LogP contribution is 2.44. The number of rotatable bonds is 9.